The van der Waals surface area contributed by atoms with Crippen LogP contribution in [0, 0.1) is 0 Å². The monoisotopic (exact) mass is 728 g/mol. The molecule has 10 aromatic carbocycles. The predicted molar refractivity (Wildman–Crippen MR) is 237 cm³/mol. The van der Waals surface area contributed by atoms with E-state index in [4.69, 9.17) is 13.8 Å². The van der Waals surface area contributed by atoms with Crippen molar-refractivity contribution >= 4 is 93.2 Å². The summed E-state index contributed by atoms with van der Waals surface area (Å²) in [4.78, 5) is 7.24. The van der Waals surface area contributed by atoms with Crippen molar-refractivity contribution < 1.29 is 8.83 Å². The number of aromatic nitrogens is 1. The Balaban J connectivity index is 1.05. The van der Waals surface area contributed by atoms with Crippen LogP contribution in [0.3, 0.4) is 0 Å². The van der Waals surface area contributed by atoms with Crippen LogP contribution in [-0.2, 0) is 0 Å². The number of oxazole rings is 1. The van der Waals surface area contributed by atoms with Crippen LogP contribution >= 0.6 is 0 Å². The van der Waals surface area contributed by atoms with E-state index in [0.29, 0.717) is 5.89 Å². The molecule has 57 heavy (non-hydrogen) atoms. The third kappa shape index (κ3) is 5.04. The molecule has 12 aromatic rings. The SMILES string of the molecule is c1ccc(-c2nc3ccc4ccc5ccc(N(c6ccccc6)c6ccc7oc8cccc(-c9ccc%10c(ccc%11ccccc%11%10)c9)c8c7c6)cc5c4c3o2)cc1. The van der Waals surface area contributed by atoms with E-state index in [0.717, 1.165) is 88.3 Å². The maximum Gasteiger partial charge on any atom is 0.227 e. The fourth-order valence-corrected chi connectivity index (χ4v) is 8.75. The van der Waals surface area contributed by atoms with Gasteiger partial charge in [0.2, 0.25) is 5.89 Å². The van der Waals surface area contributed by atoms with Crippen LogP contribution in [0.25, 0.3) is 98.7 Å². The van der Waals surface area contributed by atoms with Crippen molar-refractivity contribution in [1.29, 1.82) is 0 Å². The molecule has 0 aliphatic heterocycles. The van der Waals surface area contributed by atoms with Crippen LogP contribution in [0.2, 0.25) is 0 Å². The Morgan fingerprint density at radius 3 is 1.93 bits per heavy atom. The number of anilines is 3. The molecule has 0 amide bonds. The number of nitrogens with zero attached hydrogens (tertiary/aromatic N) is 2. The molecule has 0 saturated heterocycles. The van der Waals surface area contributed by atoms with Crippen molar-refractivity contribution in [2.45, 2.75) is 0 Å². The van der Waals surface area contributed by atoms with Gasteiger partial charge in [-0.2, -0.15) is 0 Å². The van der Waals surface area contributed by atoms with Gasteiger partial charge in [0, 0.05) is 38.8 Å². The minimum atomic E-state index is 0.620. The number of hydrogen-bond acceptors (Lipinski definition) is 4. The Hall–Kier alpha value is -7.69. The smallest absolute Gasteiger partial charge is 0.227 e. The number of benzene rings is 10. The van der Waals surface area contributed by atoms with Gasteiger partial charge < -0.3 is 13.7 Å². The minimum absolute atomic E-state index is 0.620. The molecule has 0 aliphatic rings. The topological polar surface area (TPSA) is 42.4 Å². The van der Waals surface area contributed by atoms with Crippen molar-refractivity contribution in [3.05, 3.63) is 194 Å². The van der Waals surface area contributed by atoms with Crippen molar-refractivity contribution in [1.82, 2.24) is 4.98 Å². The largest absolute Gasteiger partial charge is 0.456 e. The zero-order chi connectivity index (χ0) is 37.5. The number of rotatable bonds is 5. The lowest BCUT2D eigenvalue weighted by molar-refractivity contribution is 0.623. The summed E-state index contributed by atoms with van der Waals surface area (Å²) in [5.41, 5.74) is 9.75. The fraction of sp³-hybridized carbons (Fsp3) is 0. The van der Waals surface area contributed by atoms with Gasteiger partial charge >= 0.3 is 0 Å². The molecule has 0 fully saturated rings. The number of fused-ring (bicyclic) bond motifs is 11. The van der Waals surface area contributed by atoms with E-state index in [1.54, 1.807) is 0 Å². The summed E-state index contributed by atoms with van der Waals surface area (Å²) in [7, 11) is 0. The number of hydrogen-bond donors (Lipinski definition) is 0. The van der Waals surface area contributed by atoms with Crippen molar-refractivity contribution in [3.8, 4) is 22.6 Å². The fourth-order valence-electron chi connectivity index (χ4n) is 8.75. The summed E-state index contributed by atoms with van der Waals surface area (Å²) >= 11 is 0. The van der Waals surface area contributed by atoms with Crippen LogP contribution in [-0.4, -0.2) is 4.98 Å². The molecular formula is C53H32N2O2. The van der Waals surface area contributed by atoms with E-state index in [1.165, 1.54) is 21.5 Å². The first-order valence-electron chi connectivity index (χ1n) is 19.3. The van der Waals surface area contributed by atoms with Crippen molar-refractivity contribution in [2.75, 3.05) is 4.90 Å². The molecule has 12 rings (SSSR count). The van der Waals surface area contributed by atoms with Gasteiger partial charge in [0.1, 0.15) is 16.7 Å². The van der Waals surface area contributed by atoms with E-state index in [-0.39, 0.29) is 0 Å². The van der Waals surface area contributed by atoms with Crippen LogP contribution in [0.5, 0.6) is 0 Å². The Kier molecular flexibility index (Phi) is 6.89. The molecule has 0 atom stereocenters. The highest BCUT2D eigenvalue weighted by molar-refractivity contribution is 6.19. The van der Waals surface area contributed by atoms with Crippen LogP contribution in [0.15, 0.2) is 203 Å². The summed E-state index contributed by atoms with van der Waals surface area (Å²) in [6.07, 6.45) is 0. The third-order valence-electron chi connectivity index (χ3n) is 11.4. The molecule has 0 aliphatic carbocycles. The lowest BCUT2D eigenvalue weighted by Crippen LogP contribution is -2.09. The average Bonchev–Trinajstić information content (AvgIpc) is 3.89. The van der Waals surface area contributed by atoms with Gasteiger partial charge in [0.25, 0.3) is 0 Å². The quantitative estimate of drug-likeness (QED) is 0.166. The molecule has 0 bridgehead atoms. The normalized spacial score (nSPS) is 11.9. The highest BCUT2D eigenvalue weighted by atomic mass is 16.3. The van der Waals surface area contributed by atoms with Gasteiger partial charge in [0.05, 0.1) is 0 Å². The third-order valence-corrected chi connectivity index (χ3v) is 11.4. The number of para-hydroxylation sites is 1. The maximum absolute atomic E-state index is 6.58. The Labute approximate surface area is 327 Å². The first kappa shape index (κ1) is 31.6. The molecular weight excluding hydrogens is 697 g/mol. The summed E-state index contributed by atoms with van der Waals surface area (Å²) in [5, 5.41) is 11.6. The van der Waals surface area contributed by atoms with Gasteiger partial charge in [-0.25, -0.2) is 4.98 Å². The highest BCUT2D eigenvalue weighted by Crippen LogP contribution is 2.44. The summed E-state index contributed by atoms with van der Waals surface area (Å²) in [6, 6.07) is 68.7. The Bertz CT molecular complexity index is 3530. The summed E-state index contributed by atoms with van der Waals surface area (Å²) in [5.74, 6) is 0.620. The number of furan rings is 1. The van der Waals surface area contributed by atoms with Crippen LogP contribution in [0.1, 0.15) is 0 Å². The molecule has 0 N–H and O–H groups in total. The first-order valence-corrected chi connectivity index (χ1v) is 19.3. The average molecular weight is 729 g/mol. The van der Waals surface area contributed by atoms with E-state index in [2.05, 4.69) is 169 Å². The zero-order valence-electron chi connectivity index (χ0n) is 30.7. The molecule has 0 saturated carbocycles. The molecule has 266 valence electrons. The van der Waals surface area contributed by atoms with Crippen LogP contribution in [0.4, 0.5) is 17.1 Å². The van der Waals surface area contributed by atoms with Gasteiger partial charge in [-0.1, -0.05) is 121 Å². The van der Waals surface area contributed by atoms with E-state index in [9.17, 15) is 0 Å². The van der Waals surface area contributed by atoms with E-state index in [1.807, 2.05) is 30.3 Å². The van der Waals surface area contributed by atoms with Gasteiger partial charge in [-0.3, -0.25) is 0 Å². The van der Waals surface area contributed by atoms with E-state index >= 15 is 0 Å². The van der Waals surface area contributed by atoms with E-state index < -0.39 is 0 Å². The molecule has 2 aromatic heterocycles. The highest BCUT2D eigenvalue weighted by Gasteiger charge is 2.20. The zero-order valence-corrected chi connectivity index (χ0v) is 30.7. The maximum atomic E-state index is 6.58. The second-order valence-electron chi connectivity index (χ2n) is 14.7. The summed E-state index contributed by atoms with van der Waals surface area (Å²) < 4.78 is 13.1. The second kappa shape index (κ2) is 12.4. The molecule has 2 heterocycles. The van der Waals surface area contributed by atoms with Crippen LogP contribution < -0.4 is 4.90 Å². The second-order valence-corrected chi connectivity index (χ2v) is 14.7. The lowest BCUT2D eigenvalue weighted by atomic mass is 9.95. The lowest BCUT2D eigenvalue weighted by Gasteiger charge is -2.26. The molecule has 0 spiro atoms. The standard InChI is InChI=1S/C53H32N2O2/c1-3-11-36(12-4-1)53-54-47-28-24-35-20-18-34-22-25-40(31-45(34)50(35)52(47)57-53)55(39-13-5-2-6-14-39)41-26-29-48-46(32-41)51-44(16-9-17-49(51)56-48)38-23-27-43-37(30-38)21-19-33-10-7-8-15-42(33)43/h1-32H. The molecule has 0 radical (unpaired) electrons. The van der Waals surface area contributed by atoms with Crippen molar-refractivity contribution in [2.24, 2.45) is 0 Å². The molecule has 0 unspecified atom stereocenters. The first-order chi connectivity index (χ1) is 28.2. The van der Waals surface area contributed by atoms with Crippen molar-refractivity contribution in [3.63, 3.8) is 0 Å². The Morgan fingerprint density at radius 1 is 0.368 bits per heavy atom. The predicted octanol–water partition coefficient (Wildman–Crippen LogP) is 15.1. The van der Waals surface area contributed by atoms with Gasteiger partial charge in [0.15, 0.2) is 5.58 Å². The molecule has 4 heteroatoms. The van der Waals surface area contributed by atoms with Gasteiger partial charge in [-0.05, 0) is 122 Å². The van der Waals surface area contributed by atoms with Gasteiger partial charge in [-0.15, -0.1) is 0 Å². The minimum Gasteiger partial charge on any atom is -0.456 e. The Morgan fingerprint density at radius 2 is 1.05 bits per heavy atom. The molecule has 4 nitrogen and oxygen atoms in total. The summed E-state index contributed by atoms with van der Waals surface area (Å²) in [6.45, 7) is 0.